The number of hydrogen-bond donors (Lipinski definition) is 1. The van der Waals surface area contributed by atoms with E-state index in [1.165, 1.54) is 16.9 Å². The smallest absolute Gasteiger partial charge is 0.233 e. The van der Waals surface area contributed by atoms with E-state index in [2.05, 4.69) is 22.4 Å². The number of fused-ring (bicyclic) bond motifs is 1. The van der Waals surface area contributed by atoms with Crippen molar-refractivity contribution in [1.29, 1.82) is 0 Å². The highest BCUT2D eigenvalue weighted by Gasteiger charge is 2.66. The Labute approximate surface area is 160 Å². The molecule has 5 rings (SSSR count). The number of thiazole rings is 1. The zero-order chi connectivity index (χ0) is 18.4. The molecule has 1 aromatic carbocycles. The third kappa shape index (κ3) is 2.69. The lowest BCUT2D eigenvalue weighted by atomic mass is 9.77. The van der Waals surface area contributed by atoms with Gasteiger partial charge in [0, 0.05) is 18.1 Å². The molecule has 2 saturated heterocycles. The van der Waals surface area contributed by atoms with Gasteiger partial charge in [0.05, 0.1) is 24.5 Å². The van der Waals surface area contributed by atoms with Crippen molar-refractivity contribution in [2.45, 2.75) is 18.1 Å². The van der Waals surface area contributed by atoms with E-state index in [0.717, 1.165) is 6.42 Å². The predicted molar refractivity (Wildman–Crippen MR) is 101 cm³/mol. The van der Waals surface area contributed by atoms with Crippen LogP contribution in [0.2, 0.25) is 0 Å². The average molecular weight is 381 g/mol. The molecule has 2 bridgehead atoms. The molecule has 2 fully saturated rings. The second kappa shape index (κ2) is 6.28. The normalized spacial score (nSPS) is 30.7. The van der Waals surface area contributed by atoms with E-state index in [0.29, 0.717) is 18.2 Å². The van der Waals surface area contributed by atoms with Crippen molar-refractivity contribution in [3.63, 3.8) is 0 Å². The summed E-state index contributed by atoms with van der Waals surface area (Å²) in [6.07, 6.45) is 6.01. The van der Waals surface area contributed by atoms with Gasteiger partial charge in [-0.15, -0.1) is 11.3 Å². The second-order valence-electron chi connectivity index (χ2n) is 7.22. The summed E-state index contributed by atoms with van der Waals surface area (Å²) in [4.78, 5) is 31.9. The van der Waals surface area contributed by atoms with Gasteiger partial charge in [-0.2, -0.15) is 0 Å². The van der Waals surface area contributed by atoms with Gasteiger partial charge in [-0.05, 0) is 12.0 Å². The minimum atomic E-state index is -0.663. The number of nitrogens with one attached hydrogen (secondary N) is 1. The number of anilines is 1. The standard InChI is InChI=1S/C20H19N3O3S/c24-17(22-19-21-9-11-27-19)15-14-6-8-20(26-14)12-23(18(25)16(15)20)10-7-13-4-2-1-3-5-13/h1-6,8-9,11,14-16H,7,10,12H2,(H,21,22,24)/t14-,15-,16-,20+/m1/s1. The summed E-state index contributed by atoms with van der Waals surface area (Å²) in [7, 11) is 0. The molecule has 0 aliphatic carbocycles. The van der Waals surface area contributed by atoms with Gasteiger partial charge in [-0.25, -0.2) is 4.98 Å². The maximum Gasteiger partial charge on any atom is 0.233 e. The molecule has 0 unspecified atom stereocenters. The summed E-state index contributed by atoms with van der Waals surface area (Å²) >= 11 is 1.36. The molecule has 0 saturated carbocycles. The first-order valence-corrected chi connectivity index (χ1v) is 9.94. The van der Waals surface area contributed by atoms with Gasteiger partial charge in [-0.3, -0.25) is 9.59 Å². The van der Waals surface area contributed by atoms with Gasteiger partial charge in [0.1, 0.15) is 5.60 Å². The Bertz CT molecular complexity index is 898. The van der Waals surface area contributed by atoms with Crippen LogP contribution in [-0.4, -0.2) is 46.5 Å². The van der Waals surface area contributed by atoms with E-state index in [9.17, 15) is 9.59 Å². The number of benzene rings is 1. The number of rotatable bonds is 5. The number of amides is 2. The Balaban J connectivity index is 1.33. The van der Waals surface area contributed by atoms with Crippen molar-refractivity contribution in [3.05, 3.63) is 59.6 Å². The van der Waals surface area contributed by atoms with E-state index in [1.54, 1.807) is 11.6 Å². The Morgan fingerprint density at radius 2 is 2.22 bits per heavy atom. The SMILES string of the molecule is O=C(Nc1nccs1)[C@@H]1[C@H]2C=C[C@@]3(CN(CCc4ccccc4)C(=O)[C@@H]13)O2. The molecule has 1 aromatic heterocycles. The fraction of sp³-hybridized carbons (Fsp3) is 0.350. The number of nitrogens with zero attached hydrogens (tertiary/aromatic N) is 2. The van der Waals surface area contributed by atoms with E-state index in [-0.39, 0.29) is 17.9 Å². The minimum absolute atomic E-state index is 0.0112. The Morgan fingerprint density at radius 3 is 3.00 bits per heavy atom. The molecule has 1 spiro atoms. The molecule has 2 amide bonds. The highest BCUT2D eigenvalue weighted by molar-refractivity contribution is 7.13. The summed E-state index contributed by atoms with van der Waals surface area (Å²) in [5.74, 6) is -1.14. The molecule has 4 heterocycles. The molecule has 138 valence electrons. The van der Waals surface area contributed by atoms with Crippen LogP contribution in [-0.2, 0) is 20.7 Å². The molecule has 6 nitrogen and oxygen atoms in total. The van der Waals surface area contributed by atoms with Crippen molar-refractivity contribution < 1.29 is 14.3 Å². The van der Waals surface area contributed by atoms with Crippen LogP contribution in [0.4, 0.5) is 5.13 Å². The third-order valence-corrected chi connectivity index (χ3v) is 6.35. The first kappa shape index (κ1) is 16.6. The molecule has 7 heteroatoms. The first-order valence-electron chi connectivity index (χ1n) is 9.06. The number of hydrogen-bond acceptors (Lipinski definition) is 5. The quantitative estimate of drug-likeness (QED) is 0.806. The van der Waals surface area contributed by atoms with Gasteiger partial charge < -0.3 is 15.0 Å². The topological polar surface area (TPSA) is 71.5 Å². The molecular formula is C20H19N3O3S. The van der Waals surface area contributed by atoms with Crippen LogP contribution in [0, 0.1) is 11.8 Å². The van der Waals surface area contributed by atoms with Crippen LogP contribution in [0.1, 0.15) is 5.56 Å². The van der Waals surface area contributed by atoms with Crippen LogP contribution < -0.4 is 5.32 Å². The number of aromatic nitrogens is 1. The fourth-order valence-electron chi connectivity index (χ4n) is 4.45. The highest BCUT2D eigenvalue weighted by Crippen LogP contribution is 2.52. The fourth-order valence-corrected chi connectivity index (χ4v) is 4.98. The largest absolute Gasteiger partial charge is 0.360 e. The number of carbonyl (C=O) groups is 2. The maximum atomic E-state index is 13.1. The van der Waals surface area contributed by atoms with E-state index >= 15 is 0 Å². The lowest BCUT2D eigenvalue weighted by Crippen LogP contribution is -2.41. The Morgan fingerprint density at radius 1 is 1.37 bits per heavy atom. The summed E-state index contributed by atoms with van der Waals surface area (Å²) in [5, 5.41) is 5.19. The maximum absolute atomic E-state index is 13.1. The highest BCUT2D eigenvalue weighted by atomic mass is 32.1. The zero-order valence-electron chi connectivity index (χ0n) is 14.6. The van der Waals surface area contributed by atoms with E-state index in [1.807, 2.05) is 35.3 Å². The van der Waals surface area contributed by atoms with Crippen LogP contribution in [0.3, 0.4) is 0 Å². The zero-order valence-corrected chi connectivity index (χ0v) is 15.4. The van der Waals surface area contributed by atoms with E-state index < -0.39 is 17.4 Å². The van der Waals surface area contributed by atoms with Gasteiger partial charge >= 0.3 is 0 Å². The molecule has 3 aliphatic rings. The van der Waals surface area contributed by atoms with Crippen molar-refractivity contribution in [2.75, 3.05) is 18.4 Å². The molecule has 0 radical (unpaired) electrons. The molecule has 4 atom stereocenters. The number of likely N-dealkylation sites (tertiary alicyclic amines) is 1. The minimum Gasteiger partial charge on any atom is -0.360 e. The molecular weight excluding hydrogens is 362 g/mol. The number of ether oxygens (including phenoxy) is 1. The van der Waals surface area contributed by atoms with Crippen molar-refractivity contribution >= 4 is 28.3 Å². The average Bonchev–Trinajstić information content (AvgIpc) is 3.44. The number of carbonyl (C=O) groups excluding carboxylic acids is 2. The summed E-state index contributed by atoms with van der Waals surface area (Å²) in [6.45, 7) is 1.14. The molecule has 2 aromatic rings. The van der Waals surface area contributed by atoms with Crippen molar-refractivity contribution in [1.82, 2.24) is 9.88 Å². The first-order chi connectivity index (χ1) is 13.2. The molecule has 3 aliphatic heterocycles. The van der Waals surface area contributed by atoms with Gasteiger partial charge in [0.15, 0.2) is 5.13 Å². The molecule has 1 N–H and O–H groups in total. The van der Waals surface area contributed by atoms with Crippen molar-refractivity contribution in [3.8, 4) is 0 Å². The van der Waals surface area contributed by atoms with Crippen LogP contribution in [0.25, 0.3) is 0 Å². The van der Waals surface area contributed by atoms with Crippen molar-refractivity contribution in [2.24, 2.45) is 11.8 Å². The van der Waals surface area contributed by atoms with Crippen LogP contribution >= 0.6 is 11.3 Å². The third-order valence-electron chi connectivity index (χ3n) is 5.66. The second-order valence-corrected chi connectivity index (χ2v) is 8.12. The summed E-state index contributed by atoms with van der Waals surface area (Å²) in [6, 6.07) is 10.1. The summed E-state index contributed by atoms with van der Waals surface area (Å²) in [5.41, 5.74) is 0.530. The van der Waals surface area contributed by atoms with Crippen LogP contribution in [0.15, 0.2) is 54.1 Å². The Hall–Kier alpha value is -2.51. The predicted octanol–water partition coefficient (Wildman–Crippen LogP) is 2.11. The van der Waals surface area contributed by atoms with Crippen LogP contribution in [0.5, 0.6) is 0 Å². The lowest BCUT2D eigenvalue weighted by molar-refractivity contribution is -0.135. The summed E-state index contributed by atoms with van der Waals surface area (Å²) < 4.78 is 6.14. The van der Waals surface area contributed by atoms with Gasteiger partial charge in [0.25, 0.3) is 0 Å². The van der Waals surface area contributed by atoms with Gasteiger partial charge in [0.2, 0.25) is 11.8 Å². The lowest BCUT2D eigenvalue weighted by Gasteiger charge is -2.23. The molecule has 27 heavy (non-hydrogen) atoms. The van der Waals surface area contributed by atoms with E-state index in [4.69, 9.17) is 4.74 Å². The monoisotopic (exact) mass is 381 g/mol. The Kier molecular flexibility index (Phi) is 3.87. The van der Waals surface area contributed by atoms with Gasteiger partial charge in [-0.1, -0.05) is 42.5 Å².